The summed E-state index contributed by atoms with van der Waals surface area (Å²) >= 11 is 0. The van der Waals surface area contributed by atoms with Gasteiger partial charge in [-0.2, -0.15) is 0 Å². The predicted molar refractivity (Wildman–Crippen MR) is 213 cm³/mol. The number of fused-ring (bicyclic) bond motifs is 1. The number of aliphatic hydroxyl groups is 4. The number of aliphatic hydroxyl groups excluding tert-OH is 3. The lowest BCUT2D eigenvalue weighted by atomic mass is 9.79. The molecule has 0 saturated carbocycles. The van der Waals surface area contributed by atoms with Gasteiger partial charge in [-0.25, -0.2) is 4.79 Å². The molecule has 58 heavy (non-hydrogen) atoms. The molecular formula is C44H71NO13. The van der Waals surface area contributed by atoms with Gasteiger partial charge in [-0.1, -0.05) is 45.1 Å². The Balaban J connectivity index is 0.00000567. The molecular weight excluding hydrogens is 750 g/mol. The molecule has 14 heteroatoms. The molecule has 14 nitrogen and oxygen atoms in total. The number of ether oxygens (including phenoxy) is 7. The molecule has 7 aliphatic rings. The third-order valence-corrected chi connectivity index (χ3v) is 14.0. The first kappa shape index (κ1) is 45.7. The van der Waals surface area contributed by atoms with Crippen LogP contribution in [0.5, 0.6) is 0 Å². The predicted octanol–water partition coefficient (Wildman–Crippen LogP) is 5.38. The summed E-state index contributed by atoms with van der Waals surface area (Å²) in [4.78, 5) is 11.6. The van der Waals surface area contributed by atoms with E-state index in [0.29, 0.717) is 56.4 Å². The number of carboxylic acid groups (broad SMARTS) is 1. The molecule has 0 aromatic rings. The van der Waals surface area contributed by atoms with Gasteiger partial charge in [-0.15, -0.1) is 0 Å². The van der Waals surface area contributed by atoms with Crippen LogP contribution in [-0.2, 0) is 38.0 Å². The normalized spacial score (nSPS) is 44.6. The quantitative estimate of drug-likeness (QED) is 0.153. The van der Waals surface area contributed by atoms with Crippen LogP contribution in [-0.4, -0.2) is 122 Å². The summed E-state index contributed by atoms with van der Waals surface area (Å²) in [5, 5.41) is 54.0. The van der Waals surface area contributed by atoms with Gasteiger partial charge < -0.3 is 64.8 Å². The van der Waals surface area contributed by atoms with E-state index in [-0.39, 0.29) is 42.7 Å². The first-order valence-corrected chi connectivity index (χ1v) is 21.7. The molecule has 6 saturated heterocycles. The Morgan fingerprint density at radius 2 is 1.74 bits per heavy atom. The molecule has 3 spiro atoms. The van der Waals surface area contributed by atoms with Crippen molar-refractivity contribution in [1.29, 1.82) is 0 Å². The smallest absolute Gasteiger partial charge is 0.335 e. The third kappa shape index (κ3) is 9.48. The number of hydrogen-bond acceptors (Lipinski definition) is 13. The highest BCUT2D eigenvalue weighted by Gasteiger charge is 2.55. The molecule has 0 radical (unpaired) electrons. The van der Waals surface area contributed by atoms with Gasteiger partial charge in [0, 0.05) is 38.0 Å². The fourth-order valence-electron chi connectivity index (χ4n) is 10.5. The molecule has 7 heterocycles. The van der Waals surface area contributed by atoms with Crippen molar-refractivity contribution in [3.8, 4) is 0 Å². The minimum Gasteiger partial charge on any atom is -0.479 e. The molecule has 330 valence electrons. The van der Waals surface area contributed by atoms with Gasteiger partial charge in [-0.05, 0) is 95.1 Å². The van der Waals surface area contributed by atoms with Crippen molar-refractivity contribution < 1.29 is 63.5 Å². The average Bonchev–Trinajstić information content (AvgIpc) is 3.56. The molecule has 0 amide bonds. The van der Waals surface area contributed by atoms with Crippen molar-refractivity contribution in [1.82, 2.24) is 6.15 Å². The van der Waals surface area contributed by atoms with E-state index in [1.165, 1.54) is 6.92 Å². The summed E-state index contributed by atoms with van der Waals surface area (Å²) in [5.41, 5.74) is -0.551. The van der Waals surface area contributed by atoms with Crippen LogP contribution < -0.4 is 6.15 Å². The van der Waals surface area contributed by atoms with Crippen LogP contribution in [0.15, 0.2) is 36.0 Å². The molecule has 0 bridgehead atoms. The summed E-state index contributed by atoms with van der Waals surface area (Å²) in [5.74, 6) is -3.82. The largest absolute Gasteiger partial charge is 0.479 e. The van der Waals surface area contributed by atoms with Gasteiger partial charge >= 0.3 is 5.97 Å². The molecule has 0 aromatic heterocycles. The van der Waals surface area contributed by atoms with E-state index in [4.69, 9.17) is 33.2 Å². The second-order valence-corrected chi connectivity index (χ2v) is 18.9. The number of hydrogen-bond donors (Lipinski definition) is 6. The van der Waals surface area contributed by atoms with Gasteiger partial charge in [0.05, 0.1) is 43.2 Å². The number of carbonyl (C=O) groups is 1. The van der Waals surface area contributed by atoms with Crippen molar-refractivity contribution in [3.63, 3.8) is 0 Å². The van der Waals surface area contributed by atoms with E-state index in [1.807, 2.05) is 19.9 Å². The summed E-state index contributed by atoms with van der Waals surface area (Å²) in [6.07, 6.45) is 9.37. The van der Waals surface area contributed by atoms with E-state index in [2.05, 4.69) is 26.5 Å². The van der Waals surface area contributed by atoms with Crippen molar-refractivity contribution in [2.24, 2.45) is 17.8 Å². The SMILES string of the molecule is C=C1[C@@H](O)[C@@H]2O[C@@]3(CC[C@H](/C=C/[C@@H](C)[C@H]4CC(C)=C[C@@]5(O[C@H](C[C@@](C)(O)C(=O)O)CCC5O)O4)O3)CC[C@H]2O[C@@H]1[C@@H](O)C[C@H](C)[C@H]1O[C@@]2(CCCCO2)CC[C@H]1C.N. The molecule has 6 fully saturated rings. The average molecular weight is 822 g/mol. The zero-order chi connectivity index (χ0) is 40.9. The van der Waals surface area contributed by atoms with Crippen LogP contribution in [0.4, 0.5) is 0 Å². The molecule has 1 unspecified atom stereocenters. The topological polar surface area (TPSA) is 218 Å². The maximum absolute atomic E-state index is 11.6. The van der Waals surface area contributed by atoms with Crippen LogP contribution in [0.3, 0.4) is 0 Å². The number of aliphatic carboxylic acids is 1. The molecule has 7 rings (SSSR count). The van der Waals surface area contributed by atoms with Crippen molar-refractivity contribution in [2.75, 3.05) is 6.61 Å². The van der Waals surface area contributed by atoms with E-state index in [9.17, 15) is 30.3 Å². The molecule has 0 aromatic carbocycles. The Kier molecular flexibility index (Phi) is 14.1. The maximum Gasteiger partial charge on any atom is 0.335 e. The Bertz CT molecular complexity index is 1510. The lowest BCUT2D eigenvalue weighted by Gasteiger charge is -2.50. The summed E-state index contributed by atoms with van der Waals surface area (Å²) in [6, 6.07) is 0. The lowest BCUT2D eigenvalue weighted by Crippen LogP contribution is -2.60. The Labute approximate surface area is 343 Å². The van der Waals surface area contributed by atoms with Gasteiger partial charge in [0.1, 0.15) is 24.4 Å². The van der Waals surface area contributed by atoms with E-state index in [0.717, 1.165) is 50.7 Å². The van der Waals surface area contributed by atoms with Crippen LogP contribution in [0, 0.1) is 17.8 Å². The summed E-state index contributed by atoms with van der Waals surface area (Å²) in [6.45, 7) is 14.5. The lowest BCUT2D eigenvalue weighted by molar-refractivity contribution is -0.321. The zero-order valence-corrected chi connectivity index (χ0v) is 35.3. The van der Waals surface area contributed by atoms with Gasteiger partial charge in [0.25, 0.3) is 0 Å². The summed E-state index contributed by atoms with van der Waals surface area (Å²) in [7, 11) is 0. The van der Waals surface area contributed by atoms with Gasteiger partial charge in [0.15, 0.2) is 17.2 Å². The molecule has 0 aliphatic carbocycles. The van der Waals surface area contributed by atoms with E-state index >= 15 is 0 Å². The summed E-state index contributed by atoms with van der Waals surface area (Å²) < 4.78 is 45.2. The minimum absolute atomic E-state index is 0. The molecule has 7 aliphatic heterocycles. The molecule has 17 atom stereocenters. The zero-order valence-electron chi connectivity index (χ0n) is 35.3. The minimum atomic E-state index is -1.96. The first-order chi connectivity index (χ1) is 26.9. The van der Waals surface area contributed by atoms with E-state index < -0.39 is 71.7 Å². The van der Waals surface area contributed by atoms with Crippen LogP contribution in [0.25, 0.3) is 0 Å². The standard InChI is InChI=1S/C44H68O13.H3N/c1-25-21-34(55-44(23-25)35(46)12-11-31(54-44)24-41(6,50)40(48)49)26(2)9-10-30-14-18-43(53-30)19-15-33-39(57-43)36(47)29(5)38(52-33)32(45)22-28(4)37-27(3)13-17-42(56-37)16-7-8-20-51-42;/h9-10,23,26-28,30-39,45-47,50H,5,7-8,11-22,24H2,1-4,6H3,(H,48,49);1H3/b10-9+;/t26-,27-,28+,30+,31+,32+,33-,34-,35?,36-,37+,38+,39-,41-,42+,43+,44-;/m1./s1. The Hall–Kier alpha value is -1.79. The van der Waals surface area contributed by atoms with Gasteiger partial charge in [0.2, 0.25) is 5.79 Å². The van der Waals surface area contributed by atoms with Crippen LogP contribution >= 0.6 is 0 Å². The third-order valence-electron chi connectivity index (χ3n) is 14.0. The fraction of sp³-hybridized carbons (Fsp3) is 0.841. The van der Waals surface area contributed by atoms with Crippen molar-refractivity contribution in [2.45, 2.75) is 209 Å². The highest BCUT2D eigenvalue weighted by molar-refractivity contribution is 5.76. The fourth-order valence-corrected chi connectivity index (χ4v) is 10.5. The Morgan fingerprint density at radius 1 is 1.00 bits per heavy atom. The number of carboxylic acids is 1. The monoisotopic (exact) mass is 821 g/mol. The van der Waals surface area contributed by atoms with Crippen molar-refractivity contribution >= 4 is 5.97 Å². The number of rotatable bonds is 10. The highest BCUT2D eigenvalue weighted by Crippen LogP contribution is 2.47. The van der Waals surface area contributed by atoms with E-state index in [1.54, 1.807) is 6.08 Å². The van der Waals surface area contributed by atoms with Gasteiger partial charge in [-0.3, -0.25) is 0 Å². The molecule has 8 N–H and O–H groups in total. The highest BCUT2D eigenvalue weighted by atomic mass is 16.7. The maximum atomic E-state index is 11.6. The van der Waals surface area contributed by atoms with Crippen LogP contribution in [0.1, 0.15) is 125 Å². The first-order valence-electron chi connectivity index (χ1n) is 21.7. The van der Waals surface area contributed by atoms with Crippen molar-refractivity contribution in [3.05, 3.63) is 36.0 Å². The second kappa shape index (κ2) is 17.9. The Morgan fingerprint density at radius 3 is 2.47 bits per heavy atom. The second-order valence-electron chi connectivity index (χ2n) is 18.9. The van der Waals surface area contributed by atoms with Crippen LogP contribution in [0.2, 0.25) is 0 Å².